The van der Waals surface area contributed by atoms with Crippen LogP contribution < -0.4 is 11.4 Å². The van der Waals surface area contributed by atoms with Gasteiger partial charge in [-0.3, -0.25) is 4.57 Å². The zero-order valence-corrected chi connectivity index (χ0v) is 11.6. The summed E-state index contributed by atoms with van der Waals surface area (Å²) in [6, 6.07) is 1.37. The average Bonchev–Trinajstić information content (AvgIpc) is 2.66. The van der Waals surface area contributed by atoms with Crippen LogP contribution in [0.4, 0.5) is 5.82 Å². The van der Waals surface area contributed by atoms with E-state index in [9.17, 15) is 20.1 Å². The summed E-state index contributed by atoms with van der Waals surface area (Å²) in [5.41, 5.74) is 4.67. The number of rotatable bonds is 3. The lowest BCUT2D eigenvalue weighted by Gasteiger charge is -2.17. The highest BCUT2D eigenvalue weighted by Crippen LogP contribution is 2.31. The molecule has 1 aliphatic heterocycles. The second-order valence-corrected chi connectivity index (χ2v) is 4.99. The van der Waals surface area contributed by atoms with Gasteiger partial charge in [-0.2, -0.15) is 4.98 Å². The van der Waals surface area contributed by atoms with Gasteiger partial charge in [-0.25, -0.2) is 4.79 Å². The topological polar surface area (TPSA) is 134 Å². The lowest BCUT2D eigenvalue weighted by molar-refractivity contribution is -0.0393. The van der Waals surface area contributed by atoms with Gasteiger partial charge in [0.25, 0.3) is 0 Å². The van der Waals surface area contributed by atoms with Crippen molar-refractivity contribution in [1.82, 2.24) is 14.5 Å². The summed E-state index contributed by atoms with van der Waals surface area (Å²) >= 11 is 0. The molecule has 1 fully saturated rings. The smallest absolute Gasteiger partial charge is 0.351 e. The highest BCUT2D eigenvalue weighted by Gasteiger charge is 2.46. The molecule has 2 rings (SSSR count). The molecule has 116 valence electrons. The van der Waals surface area contributed by atoms with Gasteiger partial charge in [-0.05, 0) is 6.07 Å². The summed E-state index contributed by atoms with van der Waals surface area (Å²) in [6.45, 7) is 0. The molecule has 2 heterocycles. The van der Waals surface area contributed by atoms with Gasteiger partial charge in [0.15, 0.2) is 6.23 Å². The molecule has 5 N–H and O–H groups in total. The van der Waals surface area contributed by atoms with Crippen LogP contribution in [0.5, 0.6) is 0 Å². The second kappa shape index (κ2) is 5.72. The number of ether oxygens (including phenoxy) is 1. The van der Waals surface area contributed by atoms with Crippen LogP contribution in [-0.2, 0) is 4.74 Å². The van der Waals surface area contributed by atoms with Crippen molar-refractivity contribution >= 4 is 5.82 Å². The van der Waals surface area contributed by atoms with Crippen LogP contribution in [0.2, 0.25) is 0 Å². The highest BCUT2D eigenvalue weighted by atomic mass is 16.6. The Kier molecular flexibility index (Phi) is 4.16. The van der Waals surface area contributed by atoms with Crippen molar-refractivity contribution in [1.29, 1.82) is 0 Å². The molecule has 0 saturated carbocycles. The fraction of sp³-hybridized carbons (Fsp3) is 0.500. The predicted octanol–water partition coefficient (Wildman–Crippen LogP) is -1.59. The molecule has 9 heteroatoms. The Labute approximate surface area is 120 Å². The first kappa shape index (κ1) is 15.3. The summed E-state index contributed by atoms with van der Waals surface area (Å²) in [5, 5.41) is 29.9. The third-order valence-corrected chi connectivity index (χ3v) is 3.05. The summed E-state index contributed by atoms with van der Waals surface area (Å²) in [5.74, 6) is -0.221. The van der Waals surface area contributed by atoms with Gasteiger partial charge < -0.3 is 30.7 Å². The lowest BCUT2D eigenvalue weighted by atomic mass is 10.1. The number of aliphatic hydroxyl groups is 3. The van der Waals surface area contributed by atoms with Gasteiger partial charge >= 0.3 is 5.69 Å². The zero-order valence-electron chi connectivity index (χ0n) is 11.6. The Hall–Kier alpha value is -2.10. The molecule has 1 aromatic heterocycles. The van der Waals surface area contributed by atoms with E-state index in [0.717, 1.165) is 4.57 Å². The van der Waals surface area contributed by atoms with Gasteiger partial charge in [0.2, 0.25) is 0 Å². The number of aliphatic hydroxyl groups excluding tert-OH is 3. The monoisotopic (exact) mass is 298 g/mol. The maximum atomic E-state index is 11.7. The minimum absolute atomic E-state index is 0.0381. The van der Waals surface area contributed by atoms with Crippen molar-refractivity contribution in [2.24, 2.45) is 0 Å². The molecule has 0 aromatic carbocycles. The molecule has 1 aromatic rings. The fourth-order valence-corrected chi connectivity index (χ4v) is 2.09. The Morgan fingerprint density at radius 2 is 2.14 bits per heavy atom. The minimum Gasteiger partial charge on any atom is -0.508 e. The molecule has 0 amide bonds. The fourth-order valence-electron chi connectivity index (χ4n) is 2.09. The van der Waals surface area contributed by atoms with Crippen molar-refractivity contribution in [2.45, 2.75) is 24.5 Å². The molecular formula is C12H18N4O5. The standard InChI is InChI=1S/C12H18N4O5/c1-15(2)5-6(17)10-8(18)9(19)11(21-10)16-4-3-7(13)14-12(16)20/h3-5,8-11,17-19H,1-2H3,(H2,13,14,20)/b6-5+/t8-,9+,10+,11+/m0/s1. The van der Waals surface area contributed by atoms with Gasteiger partial charge in [-0.15, -0.1) is 0 Å². The van der Waals surface area contributed by atoms with Crippen molar-refractivity contribution in [3.05, 3.63) is 34.7 Å². The molecule has 1 saturated heterocycles. The van der Waals surface area contributed by atoms with Crippen LogP contribution in [0.3, 0.4) is 0 Å². The molecule has 0 bridgehead atoms. The quantitative estimate of drug-likeness (QED) is 0.490. The van der Waals surface area contributed by atoms with Crippen LogP contribution in [0.1, 0.15) is 6.23 Å². The van der Waals surface area contributed by atoms with E-state index in [2.05, 4.69) is 4.98 Å². The number of anilines is 1. The van der Waals surface area contributed by atoms with E-state index >= 15 is 0 Å². The number of nitrogens with two attached hydrogens (primary N) is 1. The summed E-state index contributed by atoms with van der Waals surface area (Å²) in [7, 11) is 3.36. The lowest BCUT2D eigenvalue weighted by Crippen LogP contribution is -2.35. The Balaban J connectivity index is 2.30. The van der Waals surface area contributed by atoms with Crippen LogP contribution in [0.25, 0.3) is 0 Å². The van der Waals surface area contributed by atoms with Crippen molar-refractivity contribution in [3.63, 3.8) is 0 Å². The number of hydrogen-bond donors (Lipinski definition) is 4. The maximum Gasteiger partial charge on any atom is 0.351 e. The largest absolute Gasteiger partial charge is 0.508 e. The van der Waals surface area contributed by atoms with Gasteiger partial charge in [0, 0.05) is 26.5 Å². The van der Waals surface area contributed by atoms with Crippen LogP contribution >= 0.6 is 0 Å². The van der Waals surface area contributed by atoms with Crippen molar-refractivity contribution in [2.75, 3.05) is 19.8 Å². The third kappa shape index (κ3) is 2.99. The normalized spacial score (nSPS) is 29.6. The molecule has 9 nitrogen and oxygen atoms in total. The van der Waals surface area contributed by atoms with Crippen molar-refractivity contribution < 1.29 is 20.1 Å². The van der Waals surface area contributed by atoms with E-state index in [1.807, 2.05) is 0 Å². The number of nitrogen functional groups attached to an aromatic ring is 1. The molecular weight excluding hydrogens is 280 g/mol. The summed E-state index contributed by atoms with van der Waals surface area (Å²) in [6.07, 6.45) is -2.43. The average molecular weight is 298 g/mol. The van der Waals surface area contributed by atoms with Crippen LogP contribution in [0, 0.1) is 0 Å². The van der Waals surface area contributed by atoms with E-state index in [0.29, 0.717) is 0 Å². The first-order chi connectivity index (χ1) is 9.81. The first-order valence-electron chi connectivity index (χ1n) is 6.24. The van der Waals surface area contributed by atoms with E-state index in [-0.39, 0.29) is 11.6 Å². The molecule has 0 radical (unpaired) electrons. The predicted molar refractivity (Wildman–Crippen MR) is 73.2 cm³/mol. The minimum atomic E-state index is -1.39. The second-order valence-electron chi connectivity index (χ2n) is 4.99. The molecule has 0 aliphatic carbocycles. The molecule has 4 atom stereocenters. The zero-order chi connectivity index (χ0) is 15.7. The highest BCUT2D eigenvalue weighted by molar-refractivity contribution is 5.23. The summed E-state index contributed by atoms with van der Waals surface area (Å²) in [4.78, 5) is 16.8. The Bertz CT molecular complexity index is 600. The van der Waals surface area contributed by atoms with Crippen LogP contribution in [-0.4, -0.2) is 62.2 Å². The van der Waals surface area contributed by atoms with E-state index in [4.69, 9.17) is 10.5 Å². The van der Waals surface area contributed by atoms with Crippen LogP contribution in [0.15, 0.2) is 29.0 Å². The van der Waals surface area contributed by atoms with Gasteiger partial charge in [0.1, 0.15) is 29.9 Å². The number of hydrogen-bond acceptors (Lipinski definition) is 8. The SMILES string of the molecule is CN(C)/C=C(/O)[C@H]1O[C@@H](n2ccc(N)nc2=O)[C@H](O)[C@@H]1O. The van der Waals surface area contributed by atoms with E-state index < -0.39 is 30.2 Å². The van der Waals surface area contributed by atoms with E-state index in [1.165, 1.54) is 18.5 Å². The molecule has 1 aliphatic rings. The Morgan fingerprint density at radius 1 is 1.48 bits per heavy atom. The summed E-state index contributed by atoms with van der Waals surface area (Å²) < 4.78 is 6.40. The Morgan fingerprint density at radius 3 is 2.71 bits per heavy atom. The first-order valence-corrected chi connectivity index (χ1v) is 6.24. The maximum absolute atomic E-state index is 11.7. The van der Waals surface area contributed by atoms with Gasteiger partial charge in [-0.1, -0.05) is 0 Å². The van der Waals surface area contributed by atoms with Crippen molar-refractivity contribution in [3.8, 4) is 0 Å². The molecule has 0 spiro atoms. The molecule has 0 unspecified atom stereocenters. The van der Waals surface area contributed by atoms with E-state index in [1.54, 1.807) is 19.0 Å². The third-order valence-electron chi connectivity index (χ3n) is 3.05. The number of aromatic nitrogens is 2. The molecule has 21 heavy (non-hydrogen) atoms. The number of nitrogens with zero attached hydrogens (tertiary/aromatic N) is 3. The van der Waals surface area contributed by atoms with Gasteiger partial charge in [0.05, 0.1) is 0 Å².